The van der Waals surface area contributed by atoms with Crippen molar-refractivity contribution in [2.45, 2.75) is 25.2 Å². The molecule has 2 rings (SSSR count). The molecule has 0 spiro atoms. The van der Waals surface area contributed by atoms with Gasteiger partial charge in [-0.3, -0.25) is 4.79 Å². The molecule has 0 saturated heterocycles. The molecule has 0 radical (unpaired) electrons. The largest absolute Gasteiger partial charge is 0.496 e. The van der Waals surface area contributed by atoms with E-state index in [1.54, 1.807) is 14.0 Å². The summed E-state index contributed by atoms with van der Waals surface area (Å²) in [5, 5.41) is 9.28. The first kappa shape index (κ1) is 10.0. The number of rotatable bonds is 2. The van der Waals surface area contributed by atoms with E-state index in [4.69, 9.17) is 4.74 Å². The van der Waals surface area contributed by atoms with Crippen molar-refractivity contribution in [3.63, 3.8) is 0 Å². The number of carboxylic acids is 1. The lowest BCUT2D eigenvalue weighted by Crippen LogP contribution is -2.29. The molecule has 15 heavy (non-hydrogen) atoms. The molecule has 1 unspecified atom stereocenters. The third kappa shape index (κ3) is 1.30. The molecule has 80 valence electrons. The molecule has 0 aliphatic heterocycles. The van der Waals surface area contributed by atoms with Crippen molar-refractivity contribution in [1.29, 1.82) is 0 Å². The zero-order chi connectivity index (χ0) is 11.1. The van der Waals surface area contributed by atoms with Crippen LogP contribution in [0.1, 0.15) is 24.5 Å². The number of aryl methyl sites for hydroxylation is 1. The van der Waals surface area contributed by atoms with Crippen molar-refractivity contribution in [3.8, 4) is 5.75 Å². The Morgan fingerprint density at radius 3 is 2.87 bits per heavy atom. The molecule has 0 saturated carbocycles. The van der Waals surface area contributed by atoms with Gasteiger partial charge in [-0.05, 0) is 31.4 Å². The van der Waals surface area contributed by atoms with E-state index in [2.05, 4.69) is 0 Å². The predicted octanol–water partition coefficient (Wildman–Crippen LogP) is 1.98. The fraction of sp³-hybridized carbons (Fsp3) is 0.417. The number of fused-ring (bicyclic) bond motifs is 1. The predicted molar refractivity (Wildman–Crippen MR) is 56.3 cm³/mol. The molecule has 3 nitrogen and oxygen atoms in total. The van der Waals surface area contributed by atoms with Crippen LogP contribution in [0.3, 0.4) is 0 Å². The van der Waals surface area contributed by atoms with Crippen LogP contribution >= 0.6 is 0 Å². The maximum absolute atomic E-state index is 11.3. The zero-order valence-electron chi connectivity index (χ0n) is 8.91. The molecule has 1 aromatic carbocycles. The number of benzene rings is 1. The quantitative estimate of drug-likeness (QED) is 0.804. The molecular formula is C12H14O3. The van der Waals surface area contributed by atoms with E-state index in [9.17, 15) is 9.90 Å². The Balaban J connectivity index is 2.62. The second-order valence-electron chi connectivity index (χ2n) is 4.13. The fourth-order valence-electron chi connectivity index (χ4n) is 2.30. The smallest absolute Gasteiger partial charge is 0.313 e. The number of aliphatic carboxylic acids is 1. The van der Waals surface area contributed by atoms with Gasteiger partial charge in [0.2, 0.25) is 0 Å². The minimum Gasteiger partial charge on any atom is -0.496 e. The van der Waals surface area contributed by atoms with Crippen LogP contribution in [0.4, 0.5) is 0 Å². The first-order valence-corrected chi connectivity index (χ1v) is 4.99. The maximum Gasteiger partial charge on any atom is 0.313 e. The van der Waals surface area contributed by atoms with Crippen molar-refractivity contribution in [1.82, 2.24) is 0 Å². The van der Waals surface area contributed by atoms with Crippen molar-refractivity contribution in [3.05, 3.63) is 29.3 Å². The van der Waals surface area contributed by atoms with Crippen LogP contribution in [0.2, 0.25) is 0 Å². The molecule has 1 N–H and O–H groups in total. The summed E-state index contributed by atoms with van der Waals surface area (Å²) in [4.78, 5) is 11.3. The van der Waals surface area contributed by atoms with Crippen LogP contribution < -0.4 is 4.74 Å². The van der Waals surface area contributed by atoms with Crippen LogP contribution in [-0.4, -0.2) is 18.2 Å². The van der Waals surface area contributed by atoms with Gasteiger partial charge in [-0.2, -0.15) is 0 Å². The topological polar surface area (TPSA) is 46.5 Å². The molecule has 0 heterocycles. The maximum atomic E-state index is 11.3. The molecule has 0 fully saturated rings. The van der Waals surface area contributed by atoms with Crippen molar-refractivity contribution < 1.29 is 14.6 Å². The number of hydrogen-bond donors (Lipinski definition) is 1. The van der Waals surface area contributed by atoms with Gasteiger partial charge >= 0.3 is 5.97 Å². The van der Waals surface area contributed by atoms with E-state index in [0.717, 1.165) is 17.5 Å². The van der Waals surface area contributed by atoms with Gasteiger partial charge in [0.25, 0.3) is 0 Å². The zero-order valence-corrected chi connectivity index (χ0v) is 8.91. The third-order valence-electron chi connectivity index (χ3n) is 3.25. The molecule has 0 amide bonds. The van der Waals surface area contributed by atoms with Gasteiger partial charge in [-0.1, -0.05) is 12.1 Å². The van der Waals surface area contributed by atoms with Gasteiger partial charge in [0, 0.05) is 5.56 Å². The second kappa shape index (κ2) is 3.26. The molecule has 3 heteroatoms. The highest BCUT2D eigenvalue weighted by molar-refractivity contribution is 5.84. The van der Waals surface area contributed by atoms with Gasteiger partial charge in [-0.25, -0.2) is 0 Å². The van der Waals surface area contributed by atoms with E-state index >= 15 is 0 Å². The van der Waals surface area contributed by atoms with Crippen LogP contribution in [0, 0.1) is 0 Å². The third-order valence-corrected chi connectivity index (χ3v) is 3.25. The lowest BCUT2D eigenvalue weighted by Gasteiger charge is -2.21. The van der Waals surface area contributed by atoms with E-state index < -0.39 is 11.4 Å². The Labute approximate surface area is 88.7 Å². The van der Waals surface area contributed by atoms with E-state index in [0.29, 0.717) is 12.2 Å². The molecular weight excluding hydrogens is 192 g/mol. The van der Waals surface area contributed by atoms with Crippen LogP contribution in [0.5, 0.6) is 5.75 Å². The van der Waals surface area contributed by atoms with Crippen molar-refractivity contribution >= 4 is 5.97 Å². The van der Waals surface area contributed by atoms with Crippen molar-refractivity contribution in [2.75, 3.05) is 7.11 Å². The Morgan fingerprint density at radius 2 is 2.27 bits per heavy atom. The SMILES string of the molecule is COc1cccc2c1C(C)(C(=O)O)CC2. The van der Waals surface area contributed by atoms with Gasteiger partial charge in [0.1, 0.15) is 5.75 Å². The normalized spacial score (nSPS) is 23.6. The first-order chi connectivity index (χ1) is 7.09. The summed E-state index contributed by atoms with van der Waals surface area (Å²) in [6.07, 6.45) is 1.47. The Bertz CT molecular complexity index is 411. The summed E-state index contributed by atoms with van der Waals surface area (Å²) < 4.78 is 5.24. The average molecular weight is 206 g/mol. The number of carbonyl (C=O) groups is 1. The minimum atomic E-state index is -0.790. The number of methoxy groups -OCH3 is 1. The summed E-state index contributed by atoms with van der Waals surface area (Å²) >= 11 is 0. The highest BCUT2D eigenvalue weighted by Gasteiger charge is 2.43. The van der Waals surface area contributed by atoms with Gasteiger partial charge in [0.15, 0.2) is 0 Å². The molecule has 1 aliphatic rings. The monoisotopic (exact) mass is 206 g/mol. The van der Waals surface area contributed by atoms with E-state index in [1.807, 2.05) is 18.2 Å². The lowest BCUT2D eigenvalue weighted by atomic mass is 9.84. The first-order valence-electron chi connectivity index (χ1n) is 4.99. The molecule has 1 aliphatic carbocycles. The van der Waals surface area contributed by atoms with E-state index in [1.165, 1.54) is 0 Å². The van der Waals surface area contributed by atoms with Crippen LogP contribution in [-0.2, 0) is 16.6 Å². The van der Waals surface area contributed by atoms with Crippen LogP contribution in [0.15, 0.2) is 18.2 Å². The van der Waals surface area contributed by atoms with Gasteiger partial charge in [-0.15, -0.1) is 0 Å². The summed E-state index contributed by atoms with van der Waals surface area (Å²) in [6.45, 7) is 1.77. The molecule has 0 aromatic heterocycles. The van der Waals surface area contributed by atoms with Gasteiger partial charge in [0.05, 0.1) is 12.5 Å². The summed E-state index contributed by atoms with van der Waals surface area (Å²) in [6, 6.07) is 5.71. The molecule has 1 atom stereocenters. The summed E-state index contributed by atoms with van der Waals surface area (Å²) in [5.41, 5.74) is 1.15. The highest BCUT2D eigenvalue weighted by atomic mass is 16.5. The number of carboxylic acid groups (broad SMARTS) is 1. The summed E-state index contributed by atoms with van der Waals surface area (Å²) in [7, 11) is 1.58. The van der Waals surface area contributed by atoms with Crippen molar-refractivity contribution in [2.24, 2.45) is 0 Å². The molecule has 1 aromatic rings. The van der Waals surface area contributed by atoms with E-state index in [-0.39, 0.29) is 0 Å². The Kier molecular flexibility index (Phi) is 2.18. The average Bonchev–Trinajstić information content (AvgIpc) is 2.58. The summed E-state index contributed by atoms with van der Waals surface area (Å²) in [5.74, 6) is -0.0827. The molecule has 0 bridgehead atoms. The van der Waals surface area contributed by atoms with Crippen LogP contribution in [0.25, 0.3) is 0 Å². The number of ether oxygens (including phenoxy) is 1. The number of hydrogen-bond acceptors (Lipinski definition) is 2. The standard InChI is InChI=1S/C12H14O3/c1-12(11(13)14)7-6-8-4-3-5-9(15-2)10(8)12/h3-5H,6-7H2,1-2H3,(H,13,14). The minimum absolute atomic E-state index is 0.651. The lowest BCUT2D eigenvalue weighted by molar-refractivity contribution is -0.143. The van der Waals surface area contributed by atoms with Gasteiger partial charge < -0.3 is 9.84 Å². The Hall–Kier alpha value is -1.51. The fourth-order valence-corrected chi connectivity index (χ4v) is 2.30. The Morgan fingerprint density at radius 1 is 1.53 bits per heavy atom. The highest BCUT2D eigenvalue weighted by Crippen LogP contribution is 2.43. The second-order valence-corrected chi connectivity index (χ2v) is 4.13.